The van der Waals surface area contributed by atoms with Crippen molar-refractivity contribution < 1.29 is 0 Å². The van der Waals surface area contributed by atoms with E-state index in [4.69, 9.17) is 5.73 Å². The normalized spacial score (nSPS) is 18.3. The van der Waals surface area contributed by atoms with Gasteiger partial charge in [-0.05, 0) is 50.0 Å². The fourth-order valence-corrected chi connectivity index (χ4v) is 2.90. The number of hydrogen-bond donors (Lipinski definition) is 1. The zero-order valence-corrected chi connectivity index (χ0v) is 12.7. The minimum Gasteiger partial charge on any atom is -0.399 e. The molecule has 2 N–H and O–H groups in total. The van der Waals surface area contributed by atoms with Crippen LogP contribution in [-0.4, -0.2) is 38.6 Å². The molecule has 19 heavy (non-hydrogen) atoms. The van der Waals surface area contributed by atoms with Crippen LogP contribution < -0.4 is 10.6 Å². The summed E-state index contributed by atoms with van der Waals surface area (Å²) in [6.45, 7) is 7.97. The monoisotopic (exact) mass is 261 g/mol. The van der Waals surface area contributed by atoms with Crippen LogP contribution in [0, 0.1) is 0 Å². The van der Waals surface area contributed by atoms with Crippen molar-refractivity contribution in [3.8, 4) is 0 Å². The molecule has 0 atom stereocenters. The van der Waals surface area contributed by atoms with Crippen molar-refractivity contribution in [1.29, 1.82) is 0 Å². The van der Waals surface area contributed by atoms with Crippen LogP contribution >= 0.6 is 0 Å². The molecule has 1 aromatic rings. The minimum absolute atomic E-state index is 0.246. The highest BCUT2D eigenvalue weighted by molar-refractivity contribution is 5.64. The second-order valence-corrected chi connectivity index (χ2v) is 6.55. The van der Waals surface area contributed by atoms with E-state index >= 15 is 0 Å². The van der Waals surface area contributed by atoms with Crippen molar-refractivity contribution in [3.63, 3.8) is 0 Å². The number of nitrogens with zero attached hydrogens (tertiary/aromatic N) is 2. The minimum atomic E-state index is 0.246. The van der Waals surface area contributed by atoms with Crippen molar-refractivity contribution in [3.05, 3.63) is 23.8 Å². The summed E-state index contributed by atoms with van der Waals surface area (Å²) in [5.74, 6) is 0. The molecule has 0 unspecified atom stereocenters. The predicted molar refractivity (Wildman–Crippen MR) is 83.9 cm³/mol. The van der Waals surface area contributed by atoms with Crippen LogP contribution in [0.4, 0.5) is 11.4 Å². The molecule has 0 fully saturated rings. The average Bonchev–Trinajstić information content (AvgIpc) is 2.43. The van der Waals surface area contributed by atoms with Crippen molar-refractivity contribution in [1.82, 2.24) is 4.90 Å². The molecule has 1 heterocycles. The Hall–Kier alpha value is -1.22. The SMILES string of the molecule is CN(C)CCN1CCCC(C)(C)c2ccc(N)cc21. The molecule has 0 spiro atoms. The van der Waals surface area contributed by atoms with Crippen molar-refractivity contribution in [2.24, 2.45) is 0 Å². The van der Waals surface area contributed by atoms with Crippen LogP contribution in [0.1, 0.15) is 32.3 Å². The van der Waals surface area contributed by atoms with Gasteiger partial charge in [0, 0.05) is 31.0 Å². The van der Waals surface area contributed by atoms with E-state index in [0.717, 1.165) is 25.3 Å². The average molecular weight is 261 g/mol. The molecule has 2 rings (SSSR count). The number of likely N-dealkylation sites (N-methyl/N-ethyl adjacent to an activating group) is 1. The number of benzene rings is 1. The number of nitrogen functional groups attached to an aromatic ring is 1. The molecule has 0 bridgehead atoms. The van der Waals surface area contributed by atoms with E-state index in [0.29, 0.717) is 0 Å². The Morgan fingerprint density at radius 3 is 2.74 bits per heavy atom. The lowest BCUT2D eigenvalue weighted by atomic mass is 9.80. The lowest BCUT2D eigenvalue weighted by Gasteiger charge is -2.29. The number of hydrogen-bond acceptors (Lipinski definition) is 3. The molecular weight excluding hydrogens is 234 g/mol. The lowest BCUT2D eigenvalue weighted by Crippen LogP contribution is -2.32. The van der Waals surface area contributed by atoms with Gasteiger partial charge in [-0.1, -0.05) is 19.9 Å². The van der Waals surface area contributed by atoms with E-state index in [1.165, 1.54) is 24.1 Å². The number of nitrogens with two attached hydrogens (primary N) is 1. The van der Waals surface area contributed by atoms with Crippen LogP contribution in [0.2, 0.25) is 0 Å². The largest absolute Gasteiger partial charge is 0.399 e. The zero-order valence-electron chi connectivity index (χ0n) is 12.7. The Kier molecular flexibility index (Phi) is 4.04. The van der Waals surface area contributed by atoms with Gasteiger partial charge >= 0.3 is 0 Å². The quantitative estimate of drug-likeness (QED) is 0.849. The molecule has 0 amide bonds. The van der Waals surface area contributed by atoms with Gasteiger partial charge in [-0.25, -0.2) is 0 Å². The summed E-state index contributed by atoms with van der Waals surface area (Å²) in [4.78, 5) is 4.74. The predicted octanol–water partition coefficient (Wildman–Crippen LogP) is 2.71. The third kappa shape index (κ3) is 3.21. The molecule has 106 valence electrons. The van der Waals surface area contributed by atoms with E-state index in [-0.39, 0.29) is 5.41 Å². The van der Waals surface area contributed by atoms with E-state index in [1.54, 1.807) is 0 Å². The third-order valence-electron chi connectivity index (χ3n) is 4.14. The first-order valence-electron chi connectivity index (χ1n) is 7.20. The van der Waals surface area contributed by atoms with E-state index in [2.05, 4.69) is 49.9 Å². The van der Waals surface area contributed by atoms with Gasteiger partial charge < -0.3 is 15.5 Å². The Labute approximate surface area is 117 Å². The van der Waals surface area contributed by atoms with E-state index in [9.17, 15) is 0 Å². The van der Waals surface area contributed by atoms with Crippen LogP contribution in [0.15, 0.2) is 18.2 Å². The summed E-state index contributed by atoms with van der Waals surface area (Å²) >= 11 is 0. The van der Waals surface area contributed by atoms with Gasteiger partial charge in [-0.3, -0.25) is 0 Å². The maximum Gasteiger partial charge on any atom is 0.0425 e. The van der Waals surface area contributed by atoms with Gasteiger partial charge in [-0.2, -0.15) is 0 Å². The van der Waals surface area contributed by atoms with E-state index < -0.39 is 0 Å². The first kappa shape index (κ1) is 14.2. The van der Waals surface area contributed by atoms with Crippen molar-refractivity contribution in [2.75, 3.05) is 44.4 Å². The fraction of sp³-hybridized carbons (Fsp3) is 0.625. The molecule has 0 saturated carbocycles. The molecular formula is C16H27N3. The second-order valence-electron chi connectivity index (χ2n) is 6.55. The zero-order chi connectivity index (χ0) is 14.0. The van der Waals surface area contributed by atoms with Gasteiger partial charge in [0.15, 0.2) is 0 Å². The molecule has 1 aromatic carbocycles. The van der Waals surface area contributed by atoms with Crippen LogP contribution in [0.3, 0.4) is 0 Å². The van der Waals surface area contributed by atoms with Crippen LogP contribution in [-0.2, 0) is 5.41 Å². The second kappa shape index (κ2) is 5.41. The molecule has 3 nitrogen and oxygen atoms in total. The van der Waals surface area contributed by atoms with Gasteiger partial charge in [0.2, 0.25) is 0 Å². The van der Waals surface area contributed by atoms with E-state index in [1.807, 2.05) is 6.07 Å². The molecule has 0 saturated heterocycles. The van der Waals surface area contributed by atoms with Gasteiger partial charge in [0.05, 0.1) is 0 Å². The van der Waals surface area contributed by atoms with Gasteiger partial charge in [0.1, 0.15) is 0 Å². The standard InChI is InChI=1S/C16H27N3/c1-16(2)8-5-9-19(11-10-18(3)4)15-12-13(17)6-7-14(15)16/h6-7,12H,5,8-11,17H2,1-4H3. The number of rotatable bonds is 3. The number of anilines is 2. The molecule has 0 aromatic heterocycles. The van der Waals surface area contributed by atoms with Crippen LogP contribution in [0.5, 0.6) is 0 Å². The smallest absolute Gasteiger partial charge is 0.0425 e. The highest BCUT2D eigenvalue weighted by Gasteiger charge is 2.28. The maximum atomic E-state index is 6.00. The highest BCUT2D eigenvalue weighted by Crippen LogP contribution is 2.39. The van der Waals surface area contributed by atoms with Crippen molar-refractivity contribution in [2.45, 2.75) is 32.1 Å². The first-order chi connectivity index (χ1) is 8.90. The topological polar surface area (TPSA) is 32.5 Å². The Balaban J connectivity index is 2.34. The van der Waals surface area contributed by atoms with Crippen molar-refractivity contribution >= 4 is 11.4 Å². The lowest BCUT2D eigenvalue weighted by molar-refractivity contribution is 0.412. The van der Waals surface area contributed by atoms with Gasteiger partial charge in [-0.15, -0.1) is 0 Å². The summed E-state index contributed by atoms with van der Waals surface area (Å²) in [6.07, 6.45) is 2.48. The summed E-state index contributed by atoms with van der Waals surface area (Å²) < 4.78 is 0. The summed E-state index contributed by atoms with van der Waals surface area (Å²) in [5.41, 5.74) is 9.90. The Morgan fingerprint density at radius 2 is 2.05 bits per heavy atom. The fourth-order valence-electron chi connectivity index (χ4n) is 2.90. The molecule has 0 radical (unpaired) electrons. The summed E-state index contributed by atoms with van der Waals surface area (Å²) in [7, 11) is 4.25. The van der Waals surface area contributed by atoms with Gasteiger partial charge in [0.25, 0.3) is 0 Å². The Morgan fingerprint density at radius 1 is 1.32 bits per heavy atom. The van der Waals surface area contributed by atoms with Crippen LogP contribution in [0.25, 0.3) is 0 Å². The number of fused-ring (bicyclic) bond motifs is 1. The first-order valence-corrected chi connectivity index (χ1v) is 7.20. The maximum absolute atomic E-state index is 6.00. The summed E-state index contributed by atoms with van der Waals surface area (Å²) in [6, 6.07) is 6.41. The molecule has 1 aliphatic rings. The molecule has 3 heteroatoms. The third-order valence-corrected chi connectivity index (χ3v) is 4.14. The Bertz CT molecular complexity index is 438. The molecule has 0 aliphatic carbocycles. The highest BCUT2D eigenvalue weighted by atomic mass is 15.2. The summed E-state index contributed by atoms with van der Waals surface area (Å²) in [5, 5.41) is 0. The molecule has 1 aliphatic heterocycles.